The molecule has 0 amide bonds. The molecule has 3 heterocycles. The van der Waals surface area contributed by atoms with Crippen molar-refractivity contribution in [3.63, 3.8) is 0 Å². The molecule has 0 bridgehead atoms. The second-order valence-electron chi connectivity index (χ2n) is 5.92. The van der Waals surface area contributed by atoms with Gasteiger partial charge in [0.25, 0.3) is 5.82 Å². The number of ether oxygens (including phenoxy) is 1. The molecular formula is C18H12F4N6O. The summed E-state index contributed by atoms with van der Waals surface area (Å²) >= 11 is 0. The zero-order valence-corrected chi connectivity index (χ0v) is 14.6. The number of pyridine rings is 1. The summed E-state index contributed by atoms with van der Waals surface area (Å²) in [7, 11) is 0. The fourth-order valence-electron chi connectivity index (χ4n) is 2.52. The maximum Gasteiger partial charge on any atom is 0.453 e. The van der Waals surface area contributed by atoms with Gasteiger partial charge < -0.3 is 10.1 Å². The topological polar surface area (TPSA) is 77.2 Å². The van der Waals surface area contributed by atoms with Crippen LogP contribution in [0.15, 0.2) is 54.9 Å². The molecule has 0 unspecified atom stereocenters. The Morgan fingerprint density at radius 1 is 1.07 bits per heavy atom. The van der Waals surface area contributed by atoms with Gasteiger partial charge in [0, 0.05) is 12.7 Å². The van der Waals surface area contributed by atoms with Gasteiger partial charge in [-0.1, -0.05) is 6.07 Å². The molecule has 0 saturated carbocycles. The number of anilines is 1. The third kappa shape index (κ3) is 4.08. The van der Waals surface area contributed by atoms with Crippen molar-refractivity contribution in [3.8, 4) is 11.5 Å². The predicted octanol–water partition coefficient (Wildman–Crippen LogP) is 4.08. The molecule has 0 spiro atoms. The monoisotopic (exact) mass is 404 g/mol. The minimum atomic E-state index is -4.68. The lowest BCUT2D eigenvalue weighted by Crippen LogP contribution is -2.13. The lowest BCUT2D eigenvalue weighted by Gasteiger charge is -2.10. The van der Waals surface area contributed by atoms with Crippen LogP contribution in [0.1, 0.15) is 11.4 Å². The van der Waals surface area contributed by atoms with Crippen molar-refractivity contribution in [1.82, 2.24) is 24.8 Å². The van der Waals surface area contributed by atoms with Gasteiger partial charge in [0.05, 0.1) is 6.20 Å². The largest absolute Gasteiger partial charge is 0.453 e. The van der Waals surface area contributed by atoms with Gasteiger partial charge in [-0.15, -0.1) is 15.3 Å². The zero-order chi connectivity index (χ0) is 20.4. The summed E-state index contributed by atoms with van der Waals surface area (Å²) < 4.78 is 59.1. The van der Waals surface area contributed by atoms with Crippen LogP contribution in [-0.2, 0) is 12.7 Å². The van der Waals surface area contributed by atoms with E-state index in [2.05, 4.69) is 25.6 Å². The fourth-order valence-corrected chi connectivity index (χ4v) is 2.52. The van der Waals surface area contributed by atoms with Crippen LogP contribution in [0.3, 0.4) is 0 Å². The number of rotatable bonds is 5. The second-order valence-corrected chi connectivity index (χ2v) is 5.92. The van der Waals surface area contributed by atoms with Crippen molar-refractivity contribution < 1.29 is 22.3 Å². The quantitative estimate of drug-likeness (QED) is 0.505. The fraction of sp³-hybridized carbons (Fsp3) is 0.111. The summed E-state index contributed by atoms with van der Waals surface area (Å²) in [6.45, 7) is 0.131. The van der Waals surface area contributed by atoms with Gasteiger partial charge in [0.1, 0.15) is 11.6 Å². The van der Waals surface area contributed by atoms with E-state index in [4.69, 9.17) is 4.74 Å². The number of alkyl halides is 3. The Labute approximate surface area is 161 Å². The summed E-state index contributed by atoms with van der Waals surface area (Å²) in [4.78, 5) is 3.88. The molecule has 3 aromatic heterocycles. The summed E-state index contributed by atoms with van der Waals surface area (Å²) in [5.41, 5.74) is 0.508. The van der Waals surface area contributed by atoms with Crippen LogP contribution in [-0.4, -0.2) is 24.8 Å². The number of fused-ring (bicyclic) bond motifs is 1. The summed E-state index contributed by atoms with van der Waals surface area (Å²) in [5.74, 6) is -1.24. The maximum atomic E-state index is 14.3. The average molecular weight is 404 g/mol. The van der Waals surface area contributed by atoms with Crippen molar-refractivity contribution >= 4 is 11.5 Å². The van der Waals surface area contributed by atoms with Crippen molar-refractivity contribution in [3.05, 3.63) is 72.1 Å². The minimum absolute atomic E-state index is 0.0283. The number of aromatic nitrogens is 5. The first-order valence-corrected chi connectivity index (χ1v) is 8.30. The second kappa shape index (κ2) is 7.34. The Morgan fingerprint density at radius 3 is 2.66 bits per heavy atom. The molecule has 29 heavy (non-hydrogen) atoms. The van der Waals surface area contributed by atoms with Gasteiger partial charge in [-0.3, -0.25) is 4.98 Å². The molecule has 0 atom stereocenters. The van der Waals surface area contributed by atoms with Gasteiger partial charge in [-0.2, -0.15) is 17.7 Å². The van der Waals surface area contributed by atoms with E-state index in [1.165, 1.54) is 30.5 Å². The number of nitrogens with zero attached hydrogens (tertiary/aromatic N) is 5. The highest BCUT2D eigenvalue weighted by atomic mass is 19.4. The van der Waals surface area contributed by atoms with Crippen LogP contribution in [0.5, 0.6) is 11.5 Å². The Morgan fingerprint density at radius 2 is 1.93 bits per heavy atom. The molecular weight excluding hydrogens is 392 g/mol. The summed E-state index contributed by atoms with van der Waals surface area (Å²) in [5, 5.41) is 13.2. The molecule has 4 rings (SSSR count). The van der Waals surface area contributed by atoms with Crippen LogP contribution in [0.25, 0.3) is 5.65 Å². The van der Waals surface area contributed by atoms with Crippen LogP contribution in [0.2, 0.25) is 0 Å². The highest BCUT2D eigenvalue weighted by Gasteiger charge is 2.37. The van der Waals surface area contributed by atoms with E-state index in [1.807, 2.05) is 0 Å². The maximum absolute atomic E-state index is 14.3. The van der Waals surface area contributed by atoms with E-state index in [-0.39, 0.29) is 23.8 Å². The van der Waals surface area contributed by atoms with Crippen molar-refractivity contribution in [2.45, 2.75) is 12.7 Å². The minimum Gasteiger partial charge on any atom is -0.453 e. The van der Waals surface area contributed by atoms with E-state index in [1.54, 1.807) is 24.4 Å². The van der Waals surface area contributed by atoms with Gasteiger partial charge in [0.15, 0.2) is 17.2 Å². The molecule has 148 valence electrons. The lowest BCUT2D eigenvalue weighted by molar-refractivity contribution is -0.146. The lowest BCUT2D eigenvalue weighted by atomic mass is 10.2. The van der Waals surface area contributed by atoms with Gasteiger partial charge in [-0.05, 0) is 42.0 Å². The first kappa shape index (κ1) is 18.6. The molecule has 7 nitrogen and oxygen atoms in total. The Bertz CT molecular complexity index is 1150. The van der Waals surface area contributed by atoms with E-state index in [0.29, 0.717) is 15.8 Å². The molecule has 0 aliphatic heterocycles. The van der Waals surface area contributed by atoms with Crippen molar-refractivity contribution in [2.24, 2.45) is 0 Å². The molecule has 0 fully saturated rings. The summed E-state index contributed by atoms with van der Waals surface area (Å²) in [6, 6.07) is 10.5. The number of hydrogen-bond acceptors (Lipinski definition) is 6. The standard InChI is InChI=1S/C18H12F4N6O/c19-13-8-11(3-4-14(13)29-12-2-1-7-23-10-12)9-24-15-5-6-16-25-26-17(18(20,21)22)28(16)27-15/h1-8,10H,9H2,(H,24,27). The molecule has 1 N–H and O–H groups in total. The van der Waals surface area contributed by atoms with Crippen molar-refractivity contribution in [2.75, 3.05) is 5.32 Å². The third-order valence-corrected chi connectivity index (χ3v) is 3.85. The van der Waals surface area contributed by atoms with Crippen LogP contribution < -0.4 is 10.1 Å². The third-order valence-electron chi connectivity index (χ3n) is 3.85. The van der Waals surface area contributed by atoms with Gasteiger partial charge in [-0.25, -0.2) is 4.39 Å². The van der Waals surface area contributed by atoms with Gasteiger partial charge in [0.2, 0.25) is 0 Å². The van der Waals surface area contributed by atoms with Crippen LogP contribution in [0.4, 0.5) is 23.4 Å². The molecule has 1 aromatic carbocycles. The predicted molar refractivity (Wildman–Crippen MR) is 93.8 cm³/mol. The van der Waals surface area contributed by atoms with E-state index < -0.39 is 17.8 Å². The Kier molecular flexibility index (Phi) is 4.71. The summed E-state index contributed by atoms with van der Waals surface area (Å²) in [6.07, 6.45) is -1.66. The first-order chi connectivity index (χ1) is 13.9. The number of nitrogens with one attached hydrogen (secondary N) is 1. The molecule has 0 radical (unpaired) electrons. The number of benzene rings is 1. The molecule has 0 aliphatic rings. The normalized spacial score (nSPS) is 11.6. The zero-order valence-electron chi connectivity index (χ0n) is 14.6. The van der Waals surface area contributed by atoms with Crippen molar-refractivity contribution in [1.29, 1.82) is 0 Å². The van der Waals surface area contributed by atoms with Crippen LogP contribution >= 0.6 is 0 Å². The van der Waals surface area contributed by atoms with E-state index in [9.17, 15) is 17.6 Å². The highest BCUT2D eigenvalue weighted by Crippen LogP contribution is 2.28. The number of hydrogen-bond donors (Lipinski definition) is 1. The first-order valence-electron chi connectivity index (χ1n) is 8.30. The molecule has 0 aliphatic carbocycles. The highest BCUT2D eigenvalue weighted by molar-refractivity contribution is 5.45. The Hall–Kier alpha value is -3.76. The molecule has 4 aromatic rings. The average Bonchev–Trinajstić information content (AvgIpc) is 3.13. The van der Waals surface area contributed by atoms with Crippen LogP contribution in [0, 0.1) is 5.82 Å². The number of halogens is 4. The van der Waals surface area contributed by atoms with E-state index >= 15 is 0 Å². The molecule has 0 saturated heterocycles. The van der Waals surface area contributed by atoms with Gasteiger partial charge >= 0.3 is 6.18 Å². The van der Waals surface area contributed by atoms with E-state index in [0.717, 1.165) is 0 Å². The SMILES string of the molecule is Fc1cc(CNc2ccc3nnc(C(F)(F)F)n3n2)ccc1Oc1cccnc1. The molecule has 11 heteroatoms. The smallest absolute Gasteiger partial charge is 0.453 e. The Balaban J connectivity index is 1.48.